The van der Waals surface area contributed by atoms with Crippen molar-refractivity contribution in [1.82, 2.24) is 4.90 Å². The van der Waals surface area contributed by atoms with Crippen LogP contribution < -0.4 is 5.73 Å². The van der Waals surface area contributed by atoms with Gasteiger partial charge in [-0.15, -0.1) is 0 Å². The fourth-order valence-electron chi connectivity index (χ4n) is 3.87. The molecule has 2 aromatic rings. The first-order chi connectivity index (χ1) is 12.7. The Morgan fingerprint density at radius 2 is 1.65 bits per heavy atom. The maximum absolute atomic E-state index is 14.3. The quantitative estimate of drug-likeness (QED) is 0.691. The van der Waals surface area contributed by atoms with E-state index in [9.17, 15) is 4.39 Å². The topological polar surface area (TPSA) is 29.3 Å². The van der Waals surface area contributed by atoms with Gasteiger partial charge in [-0.3, -0.25) is 4.90 Å². The van der Waals surface area contributed by atoms with Crippen molar-refractivity contribution in [3.63, 3.8) is 0 Å². The lowest BCUT2D eigenvalue weighted by Crippen LogP contribution is -2.30. The molecule has 26 heavy (non-hydrogen) atoms. The molecule has 1 saturated carbocycles. The highest BCUT2D eigenvalue weighted by Gasteiger charge is 2.19. The highest BCUT2D eigenvalue weighted by Crippen LogP contribution is 2.27. The molecular weight excluding hydrogens is 347 g/mol. The highest BCUT2D eigenvalue weighted by atomic mass is 35.5. The van der Waals surface area contributed by atoms with Crippen molar-refractivity contribution in [2.24, 2.45) is 11.7 Å². The van der Waals surface area contributed by atoms with E-state index in [1.54, 1.807) is 12.1 Å². The van der Waals surface area contributed by atoms with Crippen LogP contribution in [0.3, 0.4) is 0 Å². The second kappa shape index (κ2) is 9.50. The smallest absolute Gasteiger partial charge is 0.129 e. The molecule has 0 unspecified atom stereocenters. The van der Waals surface area contributed by atoms with Crippen molar-refractivity contribution in [2.75, 3.05) is 6.54 Å². The second-order valence-corrected chi connectivity index (χ2v) is 7.80. The number of rotatable bonds is 7. The van der Waals surface area contributed by atoms with E-state index < -0.39 is 0 Å². The zero-order chi connectivity index (χ0) is 18.4. The highest BCUT2D eigenvalue weighted by molar-refractivity contribution is 6.31. The van der Waals surface area contributed by atoms with E-state index in [0.717, 1.165) is 18.7 Å². The van der Waals surface area contributed by atoms with Crippen molar-refractivity contribution in [2.45, 2.75) is 51.7 Å². The van der Waals surface area contributed by atoms with Gasteiger partial charge in [-0.05, 0) is 42.0 Å². The average Bonchev–Trinajstić information content (AvgIpc) is 2.66. The molecule has 1 aliphatic carbocycles. The van der Waals surface area contributed by atoms with E-state index in [4.69, 9.17) is 17.3 Å². The summed E-state index contributed by atoms with van der Waals surface area (Å²) in [6, 6.07) is 13.3. The zero-order valence-electron chi connectivity index (χ0n) is 15.3. The number of halogens is 2. The molecule has 2 aromatic carbocycles. The van der Waals surface area contributed by atoms with Crippen LogP contribution in [0.1, 0.15) is 48.8 Å². The Morgan fingerprint density at radius 3 is 2.31 bits per heavy atom. The van der Waals surface area contributed by atoms with Gasteiger partial charge in [-0.2, -0.15) is 0 Å². The van der Waals surface area contributed by atoms with Crippen LogP contribution in [-0.4, -0.2) is 11.4 Å². The Morgan fingerprint density at radius 1 is 0.962 bits per heavy atom. The van der Waals surface area contributed by atoms with Crippen LogP contribution in [-0.2, 0) is 19.6 Å². The summed E-state index contributed by atoms with van der Waals surface area (Å²) in [5, 5.41) is 0.511. The molecule has 2 N–H and O–H groups in total. The fraction of sp³-hybridized carbons (Fsp3) is 0.455. The maximum atomic E-state index is 14.3. The third kappa shape index (κ3) is 5.29. The second-order valence-electron chi connectivity index (χ2n) is 7.39. The Bertz CT molecular complexity index is 676. The van der Waals surface area contributed by atoms with Crippen molar-refractivity contribution in [1.29, 1.82) is 0 Å². The molecule has 0 atom stereocenters. The fourth-order valence-corrected chi connectivity index (χ4v) is 4.09. The summed E-state index contributed by atoms with van der Waals surface area (Å²) in [6.07, 6.45) is 6.51. The van der Waals surface area contributed by atoms with Crippen LogP contribution >= 0.6 is 11.6 Å². The van der Waals surface area contributed by atoms with Gasteiger partial charge in [0.2, 0.25) is 0 Å². The number of nitrogens with two attached hydrogens (primary N) is 1. The van der Waals surface area contributed by atoms with E-state index >= 15 is 0 Å². The number of nitrogens with zero attached hydrogens (tertiary/aromatic N) is 1. The van der Waals surface area contributed by atoms with Gasteiger partial charge < -0.3 is 5.73 Å². The Labute approximate surface area is 161 Å². The molecule has 0 heterocycles. The lowest BCUT2D eigenvalue weighted by atomic mass is 9.88. The molecule has 2 nitrogen and oxygen atoms in total. The normalized spacial score (nSPS) is 15.5. The predicted octanol–water partition coefficient (Wildman–Crippen LogP) is 5.52. The van der Waals surface area contributed by atoms with E-state index in [1.807, 2.05) is 0 Å². The van der Waals surface area contributed by atoms with Crippen LogP contribution in [0.5, 0.6) is 0 Å². The lowest BCUT2D eigenvalue weighted by molar-refractivity contribution is 0.185. The summed E-state index contributed by atoms with van der Waals surface area (Å²) in [4.78, 5) is 2.34. The molecule has 0 aromatic heterocycles. The SMILES string of the molecule is NCc1ccc(CN(Cc2c(F)cccc2Cl)CC2CCCCC2)cc1. The molecule has 0 radical (unpaired) electrons. The van der Waals surface area contributed by atoms with Crippen LogP contribution in [0.15, 0.2) is 42.5 Å². The summed E-state index contributed by atoms with van der Waals surface area (Å²) in [5.41, 5.74) is 8.65. The van der Waals surface area contributed by atoms with E-state index in [2.05, 4.69) is 29.2 Å². The van der Waals surface area contributed by atoms with Crippen LogP contribution in [0.4, 0.5) is 4.39 Å². The van der Waals surface area contributed by atoms with Crippen LogP contribution in [0.2, 0.25) is 5.02 Å². The summed E-state index contributed by atoms with van der Waals surface area (Å²) >= 11 is 6.28. The first kappa shape index (κ1) is 19.3. The summed E-state index contributed by atoms with van der Waals surface area (Å²) in [7, 11) is 0. The third-order valence-corrected chi connectivity index (χ3v) is 5.70. The monoisotopic (exact) mass is 374 g/mol. The van der Waals surface area contributed by atoms with Crippen LogP contribution in [0.25, 0.3) is 0 Å². The number of benzene rings is 2. The van der Waals surface area contributed by atoms with E-state index in [-0.39, 0.29) is 5.82 Å². The summed E-state index contributed by atoms with van der Waals surface area (Å²) in [6.45, 7) is 2.88. The zero-order valence-corrected chi connectivity index (χ0v) is 16.0. The van der Waals surface area contributed by atoms with Gasteiger partial charge in [0.05, 0.1) is 0 Å². The van der Waals surface area contributed by atoms with Gasteiger partial charge in [-0.25, -0.2) is 4.39 Å². The first-order valence-electron chi connectivity index (χ1n) is 9.59. The van der Waals surface area contributed by atoms with E-state index in [1.165, 1.54) is 43.7 Å². The molecule has 140 valence electrons. The first-order valence-corrected chi connectivity index (χ1v) is 9.96. The largest absolute Gasteiger partial charge is 0.326 e. The summed E-state index contributed by atoms with van der Waals surface area (Å²) in [5.74, 6) is 0.474. The molecule has 1 fully saturated rings. The van der Waals surface area contributed by atoms with Gasteiger partial charge in [0, 0.05) is 36.8 Å². The van der Waals surface area contributed by atoms with Crippen molar-refractivity contribution < 1.29 is 4.39 Å². The molecule has 4 heteroatoms. The van der Waals surface area contributed by atoms with Crippen LogP contribution in [0, 0.1) is 11.7 Å². The van der Waals surface area contributed by atoms with Gasteiger partial charge >= 0.3 is 0 Å². The number of hydrogen-bond acceptors (Lipinski definition) is 2. The Hall–Kier alpha value is -1.42. The molecule has 0 aliphatic heterocycles. The van der Waals surface area contributed by atoms with E-state index in [0.29, 0.717) is 29.6 Å². The van der Waals surface area contributed by atoms with Gasteiger partial charge in [-0.1, -0.05) is 61.2 Å². The minimum Gasteiger partial charge on any atom is -0.326 e. The summed E-state index contributed by atoms with van der Waals surface area (Å²) < 4.78 is 14.3. The van der Waals surface area contributed by atoms with Crippen molar-refractivity contribution in [3.05, 3.63) is 70.0 Å². The standard InChI is InChI=1S/C22H28ClFN2/c23-21-7-4-8-22(24)20(21)16-26(14-18-5-2-1-3-6-18)15-19-11-9-17(13-25)10-12-19/h4,7-12,18H,1-3,5-6,13-16,25H2. The third-order valence-electron chi connectivity index (χ3n) is 5.35. The van der Waals surface area contributed by atoms with Gasteiger partial charge in [0.1, 0.15) is 5.82 Å². The molecule has 1 aliphatic rings. The van der Waals surface area contributed by atoms with Gasteiger partial charge in [0.15, 0.2) is 0 Å². The average molecular weight is 375 g/mol. The van der Waals surface area contributed by atoms with Gasteiger partial charge in [0.25, 0.3) is 0 Å². The predicted molar refractivity (Wildman–Crippen MR) is 106 cm³/mol. The Balaban J connectivity index is 1.75. The lowest BCUT2D eigenvalue weighted by Gasteiger charge is -2.30. The number of hydrogen-bond donors (Lipinski definition) is 1. The molecular formula is C22H28ClFN2. The minimum atomic E-state index is -0.218. The molecule has 0 saturated heterocycles. The Kier molecular flexibility index (Phi) is 7.07. The molecule has 0 spiro atoms. The minimum absolute atomic E-state index is 0.218. The maximum Gasteiger partial charge on any atom is 0.129 e. The molecule has 3 rings (SSSR count). The molecule has 0 amide bonds. The van der Waals surface area contributed by atoms with Crippen molar-refractivity contribution in [3.8, 4) is 0 Å². The van der Waals surface area contributed by atoms with Crippen molar-refractivity contribution >= 4 is 11.6 Å². The molecule has 0 bridgehead atoms.